The van der Waals surface area contributed by atoms with Crippen LogP contribution < -0.4 is 0 Å². The fourth-order valence-corrected chi connectivity index (χ4v) is 2.21. The Hall–Kier alpha value is -0.424. The van der Waals surface area contributed by atoms with E-state index < -0.39 is 12.1 Å². The van der Waals surface area contributed by atoms with Crippen LogP contribution in [0.5, 0.6) is 0 Å². The van der Waals surface area contributed by atoms with Crippen molar-refractivity contribution in [3.8, 4) is 0 Å². The van der Waals surface area contributed by atoms with Crippen molar-refractivity contribution < 1.29 is 19.4 Å². The molecule has 0 saturated heterocycles. The first-order valence-corrected chi connectivity index (χ1v) is 6.09. The van der Waals surface area contributed by atoms with Crippen LogP contribution in [-0.2, 0) is 14.3 Å². The van der Waals surface area contributed by atoms with Crippen LogP contribution in [0.25, 0.3) is 0 Å². The normalized spacial score (nSPS) is 21.6. The second-order valence-electron chi connectivity index (χ2n) is 4.94. The summed E-state index contributed by atoms with van der Waals surface area (Å²) >= 11 is 0. The summed E-state index contributed by atoms with van der Waals surface area (Å²) in [5.41, 5.74) is 0. The molecule has 0 aromatic rings. The van der Waals surface area contributed by atoms with E-state index in [1.165, 1.54) is 6.42 Å². The van der Waals surface area contributed by atoms with E-state index in [1.54, 1.807) is 0 Å². The van der Waals surface area contributed by atoms with Crippen LogP contribution in [0.15, 0.2) is 0 Å². The van der Waals surface area contributed by atoms with Gasteiger partial charge >= 0.3 is 31.7 Å². The number of carboxylic acids is 1. The second-order valence-corrected chi connectivity index (χ2v) is 4.94. The van der Waals surface area contributed by atoms with E-state index in [4.69, 9.17) is 9.84 Å². The first-order chi connectivity index (χ1) is 7.66. The third kappa shape index (κ3) is 3.78. The Labute approximate surface area is 114 Å². The summed E-state index contributed by atoms with van der Waals surface area (Å²) in [5.74, 6) is -0.846. The Kier molecular flexibility index (Phi) is 5.59. The van der Waals surface area contributed by atoms with Gasteiger partial charge in [0, 0.05) is 12.3 Å². The number of hydrogen-bond donors (Lipinski definition) is 1. The Morgan fingerprint density at radius 1 is 1.18 bits per heavy atom. The molecule has 96 valence electrons. The van der Waals surface area contributed by atoms with Gasteiger partial charge in [-0.3, -0.25) is 4.79 Å². The van der Waals surface area contributed by atoms with E-state index in [9.17, 15) is 9.59 Å². The van der Waals surface area contributed by atoms with Gasteiger partial charge in [-0.2, -0.15) is 0 Å². The first-order valence-electron chi connectivity index (χ1n) is 6.09. The third-order valence-electron chi connectivity index (χ3n) is 3.76. The van der Waals surface area contributed by atoms with E-state index in [2.05, 4.69) is 0 Å². The van der Waals surface area contributed by atoms with Gasteiger partial charge in [-0.25, -0.2) is 4.79 Å². The number of carbonyl (C=O) groups excluding carboxylic acids is 1. The van der Waals surface area contributed by atoms with Crippen LogP contribution in [0.1, 0.15) is 44.9 Å². The van der Waals surface area contributed by atoms with Gasteiger partial charge in [-0.1, -0.05) is 12.8 Å². The van der Waals surface area contributed by atoms with Crippen molar-refractivity contribution in [2.75, 3.05) is 0 Å². The van der Waals surface area contributed by atoms with E-state index in [-0.39, 0.29) is 31.7 Å². The second kappa shape index (κ2) is 6.49. The maximum atomic E-state index is 11.5. The number of carboxylic acid groups (broad SMARTS) is 1. The molecule has 1 unspecified atom stereocenters. The zero-order valence-electron chi connectivity index (χ0n) is 9.35. The monoisotopic (exact) mass is 298 g/mol. The molecule has 2 saturated carbocycles. The molecule has 0 aromatic heterocycles. The molecule has 5 heteroatoms. The first kappa shape index (κ1) is 14.6. The Morgan fingerprint density at radius 2 is 1.76 bits per heavy atom. The molecule has 4 nitrogen and oxygen atoms in total. The molecule has 0 aromatic carbocycles. The molecular weight excluding hydrogens is 278 g/mol. The van der Waals surface area contributed by atoms with E-state index in [1.807, 2.05) is 0 Å². The molecular formula is C12H21GaO4. The summed E-state index contributed by atoms with van der Waals surface area (Å²) in [4.78, 5) is 22.5. The van der Waals surface area contributed by atoms with Crippen LogP contribution in [0.4, 0.5) is 0 Å². The molecule has 0 amide bonds. The topological polar surface area (TPSA) is 63.6 Å². The minimum absolute atomic E-state index is 0. The third-order valence-corrected chi connectivity index (χ3v) is 3.76. The van der Waals surface area contributed by atoms with Gasteiger partial charge in [0.2, 0.25) is 6.10 Å². The summed E-state index contributed by atoms with van der Waals surface area (Å²) in [6.45, 7) is 0. The molecule has 2 fully saturated rings. The van der Waals surface area contributed by atoms with Crippen molar-refractivity contribution in [1.29, 1.82) is 0 Å². The van der Waals surface area contributed by atoms with Crippen LogP contribution in [0, 0.1) is 11.8 Å². The van der Waals surface area contributed by atoms with Crippen LogP contribution in [0.3, 0.4) is 0 Å². The molecule has 2 aliphatic rings. The number of hydrogen-bond acceptors (Lipinski definition) is 3. The van der Waals surface area contributed by atoms with Crippen molar-refractivity contribution in [1.82, 2.24) is 0 Å². The maximum absolute atomic E-state index is 11.5. The molecule has 2 rings (SSSR count). The van der Waals surface area contributed by atoms with Gasteiger partial charge in [0.05, 0.1) is 0 Å². The fraction of sp³-hybridized carbons (Fsp3) is 0.833. The molecule has 2 aliphatic carbocycles. The summed E-state index contributed by atoms with van der Waals surface area (Å²) in [6.07, 6.45) is 5.63. The molecule has 0 spiro atoms. The van der Waals surface area contributed by atoms with Gasteiger partial charge in [0.15, 0.2) is 0 Å². The number of carbonyl (C=O) groups is 2. The van der Waals surface area contributed by atoms with Crippen molar-refractivity contribution in [2.45, 2.75) is 51.0 Å². The van der Waals surface area contributed by atoms with Gasteiger partial charge in [-0.05, 0) is 31.6 Å². The molecule has 1 atom stereocenters. The van der Waals surface area contributed by atoms with E-state index in [0.29, 0.717) is 12.3 Å². The fourth-order valence-electron chi connectivity index (χ4n) is 2.21. The van der Waals surface area contributed by atoms with Gasteiger partial charge < -0.3 is 9.84 Å². The van der Waals surface area contributed by atoms with Crippen molar-refractivity contribution >= 4 is 31.7 Å². The summed E-state index contributed by atoms with van der Waals surface area (Å²) in [6, 6.07) is 0. The number of aliphatic carboxylic acids is 1. The van der Waals surface area contributed by atoms with Crippen molar-refractivity contribution in [2.24, 2.45) is 11.8 Å². The van der Waals surface area contributed by atoms with Crippen LogP contribution in [0.2, 0.25) is 0 Å². The van der Waals surface area contributed by atoms with Crippen LogP contribution >= 0.6 is 0 Å². The Balaban J connectivity index is 0.00000144. The molecule has 0 heterocycles. The predicted octanol–water partition coefficient (Wildman–Crippen LogP) is 0.789. The predicted molar refractivity (Wildman–Crippen MR) is 66.8 cm³/mol. The average Bonchev–Trinajstić information content (AvgIpc) is 2.07. The van der Waals surface area contributed by atoms with Crippen molar-refractivity contribution in [3.63, 3.8) is 0 Å². The van der Waals surface area contributed by atoms with Crippen molar-refractivity contribution in [3.05, 3.63) is 0 Å². The zero-order chi connectivity index (χ0) is 11.5. The summed E-state index contributed by atoms with van der Waals surface area (Å²) < 4.78 is 5.08. The van der Waals surface area contributed by atoms with Crippen LogP contribution in [-0.4, -0.2) is 42.9 Å². The number of ether oxygens (including phenoxy) is 1. The van der Waals surface area contributed by atoms with Gasteiger partial charge in [-0.15, -0.1) is 0 Å². The SMILES string of the molecule is O=C(CC1CCC1)OC(C(=O)O)C1CCC1.[GaH3]. The molecule has 17 heavy (non-hydrogen) atoms. The van der Waals surface area contributed by atoms with E-state index >= 15 is 0 Å². The van der Waals surface area contributed by atoms with E-state index in [0.717, 1.165) is 32.1 Å². The molecule has 0 bridgehead atoms. The minimum atomic E-state index is -0.994. The zero-order valence-corrected chi connectivity index (χ0v) is 9.35. The number of rotatable bonds is 5. The summed E-state index contributed by atoms with van der Waals surface area (Å²) in [5, 5.41) is 8.99. The van der Waals surface area contributed by atoms with Gasteiger partial charge in [0.1, 0.15) is 0 Å². The molecule has 1 N–H and O–H groups in total. The Bertz CT molecular complexity index is 284. The van der Waals surface area contributed by atoms with Gasteiger partial charge in [0.25, 0.3) is 0 Å². The standard InChI is InChI=1S/C12H18O4.Ga.3H/c13-10(7-8-3-1-4-8)16-11(12(14)15)9-5-2-6-9;;;;/h8-9,11H,1-7H2,(H,14,15);;;;. The number of esters is 1. The molecule has 0 aliphatic heterocycles. The molecule has 0 radical (unpaired) electrons. The average molecular weight is 299 g/mol. The Morgan fingerprint density at radius 3 is 2.12 bits per heavy atom. The summed E-state index contributed by atoms with van der Waals surface area (Å²) in [7, 11) is 0. The quantitative estimate of drug-likeness (QED) is 0.602.